The van der Waals surface area contributed by atoms with Crippen LogP contribution in [0.3, 0.4) is 0 Å². The van der Waals surface area contributed by atoms with Crippen molar-refractivity contribution in [2.75, 3.05) is 23.7 Å². The van der Waals surface area contributed by atoms with E-state index in [9.17, 15) is 9.59 Å². The van der Waals surface area contributed by atoms with Gasteiger partial charge in [0.2, 0.25) is 0 Å². The van der Waals surface area contributed by atoms with Crippen LogP contribution in [0.4, 0.5) is 16.2 Å². The number of carbonyl (C=O) groups is 2. The summed E-state index contributed by atoms with van der Waals surface area (Å²) in [5.41, 5.74) is 5.17. The third-order valence-corrected chi connectivity index (χ3v) is 5.02. The molecule has 0 aromatic heterocycles. The molecule has 148 valence electrons. The Morgan fingerprint density at radius 3 is 2.61 bits per heavy atom. The molecule has 1 heterocycles. The van der Waals surface area contributed by atoms with Crippen LogP contribution in [0, 0.1) is 6.92 Å². The summed E-state index contributed by atoms with van der Waals surface area (Å²) in [7, 11) is 0. The lowest BCUT2D eigenvalue weighted by Crippen LogP contribution is -2.32. The highest BCUT2D eigenvalue weighted by molar-refractivity contribution is 6.00. The number of carboxylic acid groups (broad SMARTS) is 1. The summed E-state index contributed by atoms with van der Waals surface area (Å²) in [5.74, 6) is -0.733. The molecule has 0 unspecified atom stereocenters. The molecule has 3 N–H and O–H groups in total. The molecule has 2 aromatic carbocycles. The molecule has 0 spiro atoms. The normalized spacial score (nSPS) is 13.6. The molecular formula is C22H27N3O3. The predicted octanol–water partition coefficient (Wildman–Crippen LogP) is 4.25. The van der Waals surface area contributed by atoms with Gasteiger partial charge >= 0.3 is 12.0 Å². The Bertz CT molecular complexity index is 833. The number of carbonyl (C=O) groups excluding carboxylic acids is 1. The van der Waals surface area contributed by atoms with E-state index in [0.717, 1.165) is 49.4 Å². The smallest absolute Gasteiger partial charge is 0.323 e. The fraction of sp³-hybridized carbons (Fsp3) is 0.364. The highest BCUT2D eigenvalue weighted by Gasteiger charge is 2.19. The van der Waals surface area contributed by atoms with Crippen LogP contribution in [0.1, 0.15) is 36.0 Å². The van der Waals surface area contributed by atoms with Crippen LogP contribution >= 0.6 is 0 Å². The van der Waals surface area contributed by atoms with Gasteiger partial charge in [-0.2, -0.15) is 0 Å². The van der Waals surface area contributed by atoms with Gasteiger partial charge in [0.25, 0.3) is 0 Å². The second-order valence-electron chi connectivity index (χ2n) is 7.27. The molecule has 28 heavy (non-hydrogen) atoms. The van der Waals surface area contributed by atoms with Crippen molar-refractivity contribution in [3.05, 3.63) is 59.2 Å². The molecule has 6 heteroatoms. The molecule has 0 saturated heterocycles. The van der Waals surface area contributed by atoms with Crippen molar-refractivity contribution < 1.29 is 14.7 Å². The van der Waals surface area contributed by atoms with E-state index in [1.807, 2.05) is 43.3 Å². The van der Waals surface area contributed by atoms with Crippen molar-refractivity contribution >= 4 is 23.4 Å². The highest BCUT2D eigenvalue weighted by atomic mass is 16.4. The topological polar surface area (TPSA) is 81.7 Å². The number of hydrogen-bond acceptors (Lipinski definition) is 3. The van der Waals surface area contributed by atoms with Gasteiger partial charge in [-0.15, -0.1) is 0 Å². The van der Waals surface area contributed by atoms with Crippen molar-refractivity contribution in [1.29, 1.82) is 0 Å². The Labute approximate surface area is 165 Å². The molecular weight excluding hydrogens is 354 g/mol. The fourth-order valence-electron chi connectivity index (χ4n) is 3.51. The molecule has 2 amide bonds. The minimum absolute atomic E-state index is 0.231. The highest BCUT2D eigenvalue weighted by Crippen LogP contribution is 2.26. The van der Waals surface area contributed by atoms with Gasteiger partial charge < -0.3 is 15.7 Å². The molecule has 0 radical (unpaired) electrons. The maximum atomic E-state index is 12.4. The van der Waals surface area contributed by atoms with Gasteiger partial charge in [0.05, 0.1) is 0 Å². The van der Waals surface area contributed by atoms with Crippen LogP contribution in [0.15, 0.2) is 42.5 Å². The van der Waals surface area contributed by atoms with Crippen LogP contribution < -0.4 is 10.6 Å². The van der Waals surface area contributed by atoms with E-state index >= 15 is 0 Å². The number of fused-ring (bicyclic) bond motifs is 1. The molecule has 0 bridgehead atoms. The summed E-state index contributed by atoms with van der Waals surface area (Å²) in [5, 5.41) is 14.6. The summed E-state index contributed by atoms with van der Waals surface area (Å²) < 4.78 is 0. The number of unbranched alkanes of at least 4 members (excludes halogenated alkanes) is 1. The minimum Gasteiger partial charge on any atom is -0.481 e. The van der Waals surface area contributed by atoms with Crippen molar-refractivity contribution in [1.82, 2.24) is 4.90 Å². The molecule has 2 aromatic rings. The third-order valence-electron chi connectivity index (χ3n) is 5.02. The number of nitrogens with one attached hydrogen (secondary N) is 2. The Balaban J connectivity index is 1.56. The number of carboxylic acids is 1. The second kappa shape index (κ2) is 9.37. The van der Waals surface area contributed by atoms with Gasteiger partial charge in [0.15, 0.2) is 0 Å². The van der Waals surface area contributed by atoms with Crippen molar-refractivity contribution in [2.24, 2.45) is 0 Å². The van der Waals surface area contributed by atoms with E-state index in [2.05, 4.69) is 21.6 Å². The van der Waals surface area contributed by atoms with Crippen LogP contribution in [-0.2, 0) is 17.8 Å². The number of aliphatic carboxylic acids is 1. The van der Waals surface area contributed by atoms with Gasteiger partial charge in [0.1, 0.15) is 0 Å². The van der Waals surface area contributed by atoms with Crippen molar-refractivity contribution in [3.63, 3.8) is 0 Å². The van der Waals surface area contributed by atoms with E-state index in [4.69, 9.17) is 5.11 Å². The first-order valence-corrected chi connectivity index (χ1v) is 9.71. The molecule has 0 saturated carbocycles. The Morgan fingerprint density at radius 2 is 1.86 bits per heavy atom. The number of benzene rings is 2. The van der Waals surface area contributed by atoms with Gasteiger partial charge in [-0.25, -0.2) is 4.79 Å². The number of amides is 2. The summed E-state index contributed by atoms with van der Waals surface area (Å²) in [6, 6.07) is 13.5. The van der Waals surface area contributed by atoms with Crippen LogP contribution in [0.5, 0.6) is 0 Å². The largest absolute Gasteiger partial charge is 0.481 e. The average molecular weight is 381 g/mol. The summed E-state index contributed by atoms with van der Waals surface area (Å²) in [4.78, 5) is 25.3. The van der Waals surface area contributed by atoms with Crippen LogP contribution in [-0.4, -0.2) is 35.1 Å². The lowest BCUT2D eigenvalue weighted by atomic mass is 9.97. The SMILES string of the molecule is Cc1ccc(NC(=O)Nc2cccc3c2CCN(CCCCC(=O)O)C3)cc1. The number of anilines is 2. The predicted molar refractivity (Wildman–Crippen MR) is 111 cm³/mol. The summed E-state index contributed by atoms with van der Waals surface area (Å²) in [6.07, 6.45) is 2.70. The molecule has 6 nitrogen and oxygen atoms in total. The number of urea groups is 1. The van der Waals surface area contributed by atoms with Crippen LogP contribution in [0.25, 0.3) is 0 Å². The summed E-state index contributed by atoms with van der Waals surface area (Å²) >= 11 is 0. The summed E-state index contributed by atoms with van der Waals surface area (Å²) in [6.45, 7) is 4.66. The fourth-order valence-corrected chi connectivity index (χ4v) is 3.51. The number of nitrogens with zero attached hydrogens (tertiary/aromatic N) is 1. The monoisotopic (exact) mass is 381 g/mol. The Kier molecular flexibility index (Phi) is 6.66. The zero-order valence-corrected chi connectivity index (χ0v) is 16.2. The zero-order valence-electron chi connectivity index (χ0n) is 16.2. The van der Waals surface area contributed by atoms with E-state index in [-0.39, 0.29) is 12.5 Å². The number of hydrogen-bond donors (Lipinski definition) is 3. The first-order chi connectivity index (χ1) is 13.5. The quantitative estimate of drug-likeness (QED) is 0.626. The van der Waals surface area contributed by atoms with E-state index < -0.39 is 5.97 Å². The van der Waals surface area contributed by atoms with E-state index in [1.54, 1.807) is 0 Å². The van der Waals surface area contributed by atoms with Crippen LogP contribution in [0.2, 0.25) is 0 Å². The van der Waals surface area contributed by atoms with Gasteiger partial charge in [0, 0.05) is 30.9 Å². The molecule has 0 fully saturated rings. The maximum absolute atomic E-state index is 12.4. The van der Waals surface area contributed by atoms with E-state index in [1.165, 1.54) is 11.1 Å². The average Bonchev–Trinajstić information content (AvgIpc) is 2.67. The standard InChI is InChI=1S/C22H27N3O3/c1-16-8-10-18(11-9-16)23-22(28)24-20-6-4-5-17-15-25(14-12-19(17)20)13-3-2-7-21(26)27/h4-6,8-11H,2-3,7,12-15H2,1H3,(H,26,27)(H2,23,24,28). The Morgan fingerprint density at radius 1 is 1.07 bits per heavy atom. The molecule has 1 aliphatic rings. The Hall–Kier alpha value is -2.86. The third kappa shape index (κ3) is 5.57. The van der Waals surface area contributed by atoms with Gasteiger partial charge in [-0.1, -0.05) is 29.8 Å². The minimum atomic E-state index is -0.733. The molecule has 1 aliphatic heterocycles. The second-order valence-corrected chi connectivity index (χ2v) is 7.27. The lowest BCUT2D eigenvalue weighted by molar-refractivity contribution is -0.137. The van der Waals surface area contributed by atoms with E-state index in [0.29, 0.717) is 6.42 Å². The molecule has 0 aliphatic carbocycles. The van der Waals surface area contributed by atoms with Gasteiger partial charge in [-0.3, -0.25) is 9.69 Å². The first kappa shape index (κ1) is 19.9. The number of aryl methyl sites for hydroxylation is 1. The zero-order chi connectivity index (χ0) is 19.9. The van der Waals surface area contributed by atoms with Crippen molar-refractivity contribution in [2.45, 2.75) is 39.2 Å². The molecule has 3 rings (SSSR count). The maximum Gasteiger partial charge on any atom is 0.323 e. The van der Waals surface area contributed by atoms with Gasteiger partial charge in [-0.05, 0) is 62.1 Å². The number of rotatable bonds is 7. The van der Waals surface area contributed by atoms with Crippen molar-refractivity contribution in [3.8, 4) is 0 Å². The lowest BCUT2D eigenvalue weighted by Gasteiger charge is -2.30. The first-order valence-electron chi connectivity index (χ1n) is 9.71. The molecule has 0 atom stereocenters.